The van der Waals surface area contributed by atoms with Crippen molar-refractivity contribution in [1.29, 1.82) is 0 Å². The summed E-state index contributed by atoms with van der Waals surface area (Å²) in [5, 5.41) is 14.2. The van der Waals surface area contributed by atoms with E-state index in [0.29, 0.717) is 12.0 Å². The van der Waals surface area contributed by atoms with Gasteiger partial charge in [-0.1, -0.05) is 37.1 Å². The molecule has 0 saturated heterocycles. The zero-order chi connectivity index (χ0) is 13.0. The third kappa shape index (κ3) is 3.47. The fourth-order valence-electron chi connectivity index (χ4n) is 2.74. The van der Waals surface area contributed by atoms with E-state index in [1.165, 1.54) is 5.56 Å². The van der Waals surface area contributed by atoms with Crippen LogP contribution in [0.3, 0.4) is 0 Å². The van der Waals surface area contributed by atoms with Gasteiger partial charge in [0.2, 0.25) is 0 Å². The van der Waals surface area contributed by atoms with E-state index >= 15 is 0 Å². The van der Waals surface area contributed by atoms with Crippen molar-refractivity contribution >= 4 is 11.6 Å². The predicted molar refractivity (Wildman–Crippen MR) is 75.8 cm³/mol. The molecule has 0 spiro atoms. The monoisotopic (exact) mass is 267 g/mol. The SMILES string of the molecule is CCC(NCC1CCCC1O)c1ccc(Cl)cc1. The maximum atomic E-state index is 9.82. The van der Waals surface area contributed by atoms with Crippen molar-refractivity contribution in [3.8, 4) is 0 Å². The Labute approximate surface area is 114 Å². The first kappa shape index (κ1) is 13.9. The molecule has 0 aromatic heterocycles. The van der Waals surface area contributed by atoms with Gasteiger partial charge in [-0.2, -0.15) is 0 Å². The molecule has 100 valence electrons. The Balaban J connectivity index is 1.91. The lowest BCUT2D eigenvalue weighted by Crippen LogP contribution is -2.30. The molecule has 0 bridgehead atoms. The van der Waals surface area contributed by atoms with Gasteiger partial charge in [0.15, 0.2) is 0 Å². The van der Waals surface area contributed by atoms with Gasteiger partial charge in [0.1, 0.15) is 0 Å². The van der Waals surface area contributed by atoms with Gasteiger partial charge in [-0.15, -0.1) is 0 Å². The molecule has 1 fully saturated rings. The van der Waals surface area contributed by atoms with E-state index in [0.717, 1.165) is 37.3 Å². The number of halogens is 1. The third-order valence-electron chi connectivity index (χ3n) is 3.93. The molecule has 0 amide bonds. The first-order chi connectivity index (χ1) is 8.70. The van der Waals surface area contributed by atoms with E-state index in [1.54, 1.807) is 0 Å². The van der Waals surface area contributed by atoms with Crippen LogP contribution in [0.2, 0.25) is 5.02 Å². The van der Waals surface area contributed by atoms with Gasteiger partial charge < -0.3 is 10.4 Å². The molecule has 3 unspecified atom stereocenters. The Kier molecular flexibility index (Phi) is 5.04. The second-order valence-electron chi connectivity index (χ2n) is 5.18. The van der Waals surface area contributed by atoms with E-state index in [2.05, 4.69) is 24.4 Å². The van der Waals surface area contributed by atoms with Crippen LogP contribution in [0.1, 0.15) is 44.2 Å². The average molecular weight is 268 g/mol. The van der Waals surface area contributed by atoms with Gasteiger partial charge in [-0.25, -0.2) is 0 Å². The molecule has 0 aliphatic heterocycles. The van der Waals surface area contributed by atoms with Crippen molar-refractivity contribution in [2.45, 2.75) is 44.8 Å². The molecule has 18 heavy (non-hydrogen) atoms. The minimum Gasteiger partial charge on any atom is -0.393 e. The highest BCUT2D eigenvalue weighted by Gasteiger charge is 2.25. The highest BCUT2D eigenvalue weighted by Crippen LogP contribution is 2.26. The fraction of sp³-hybridized carbons (Fsp3) is 0.600. The van der Waals surface area contributed by atoms with Crippen LogP contribution in [0, 0.1) is 5.92 Å². The van der Waals surface area contributed by atoms with Gasteiger partial charge in [-0.3, -0.25) is 0 Å². The zero-order valence-corrected chi connectivity index (χ0v) is 11.7. The van der Waals surface area contributed by atoms with E-state index in [4.69, 9.17) is 11.6 Å². The second-order valence-corrected chi connectivity index (χ2v) is 5.62. The van der Waals surface area contributed by atoms with Crippen LogP contribution >= 0.6 is 11.6 Å². The molecular weight excluding hydrogens is 246 g/mol. The quantitative estimate of drug-likeness (QED) is 0.855. The van der Waals surface area contributed by atoms with E-state index in [-0.39, 0.29) is 6.10 Å². The highest BCUT2D eigenvalue weighted by molar-refractivity contribution is 6.30. The summed E-state index contributed by atoms with van der Waals surface area (Å²) in [4.78, 5) is 0. The van der Waals surface area contributed by atoms with Crippen LogP contribution in [0.5, 0.6) is 0 Å². The summed E-state index contributed by atoms with van der Waals surface area (Å²) in [7, 11) is 0. The lowest BCUT2D eigenvalue weighted by Gasteiger charge is -2.22. The molecule has 0 heterocycles. The van der Waals surface area contributed by atoms with Gasteiger partial charge in [0.25, 0.3) is 0 Å². The number of hydrogen-bond donors (Lipinski definition) is 2. The highest BCUT2D eigenvalue weighted by atomic mass is 35.5. The van der Waals surface area contributed by atoms with Crippen LogP contribution in [0.25, 0.3) is 0 Å². The Morgan fingerprint density at radius 3 is 2.61 bits per heavy atom. The molecule has 1 aromatic rings. The number of aliphatic hydroxyl groups is 1. The molecule has 1 saturated carbocycles. The Bertz CT molecular complexity index is 365. The molecular formula is C15H22ClNO. The molecule has 0 radical (unpaired) electrons. The molecule has 2 N–H and O–H groups in total. The summed E-state index contributed by atoms with van der Waals surface area (Å²) in [5.41, 5.74) is 1.27. The van der Waals surface area contributed by atoms with Crippen LogP contribution in [0.4, 0.5) is 0 Å². The largest absolute Gasteiger partial charge is 0.393 e. The van der Waals surface area contributed by atoms with Crippen LogP contribution in [-0.2, 0) is 0 Å². The fourth-order valence-corrected chi connectivity index (χ4v) is 2.87. The third-order valence-corrected chi connectivity index (χ3v) is 4.18. The molecule has 1 aliphatic rings. The molecule has 3 heteroatoms. The number of nitrogens with one attached hydrogen (secondary N) is 1. The van der Waals surface area contributed by atoms with Crippen molar-refractivity contribution in [3.05, 3.63) is 34.9 Å². The molecule has 1 aromatic carbocycles. The van der Waals surface area contributed by atoms with Gasteiger partial charge in [0.05, 0.1) is 6.10 Å². The predicted octanol–water partition coefficient (Wildman–Crippen LogP) is 3.54. The summed E-state index contributed by atoms with van der Waals surface area (Å²) in [5.74, 6) is 0.423. The molecule has 3 atom stereocenters. The van der Waals surface area contributed by atoms with Crippen molar-refractivity contribution in [1.82, 2.24) is 5.32 Å². The van der Waals surface area contributed by atoms with Crippen molar-refractivity contribution in [2.24, 2.45) is 5.92 Å². The summed E-state index contributed by atoms with van der Waals surface area (Å²) in [6, 6.07) is 8.38. The number of benzene rings is 1. The maximum Gasteiger partial charge on any atom is 0.0580 e. The number of hydrogen-bond acceptors (Lipinski definition) is 2. The normalized spacial score (nSPS) is 25.3. The van der Waals surface area contributed by atoms with Crippen LogP contribution < -0.4 is 5.32 Å². The standard InChI is InChI=1S/C15H22ClNO/c1-2-14(11-6-8-13(16)9-7-11)17-10-12-4-3-5-15(12)18/h6-9,12,14-15,17-18H,2-5,10H2,1H3. The van der Waals surface area contributed by atoms with Crippen LogP contribution in [-0.4, -0.2) is 17.8 Å². The van der Waals surface area contributed by atoms with Gasteiger partial charge in [0, 0.05) is 17.6 Å². The molecule has 2 nitrogen and oxygen atoms in total. The first-order valence-electron chi connectivity index (χ1n) is 6.87. The van der Waals surface area contributed by atoms with Gasteiger partial charge >= 0.3 is 0 Å². The van der Waals surface area contributed by atoms with Crippen molar-refractivity contribution < 1.29 is 5.11 Å². The van der Waals surface area contributed by atoms with Gasteiger partial charge in [-0.05, 0) is 42.9 Å². The zero-order valence-electron chi connectivity index (χ0n) is 10.9. The summed E-state index contributed by atoms with van der Waals surface area (Å²) in [6.45, 7) is 3.08. The average Bonchev–Trinajstić information content (AvgIpc) is 2.78. The minimum absolute atomic E-state index is 0.111. The second kappa shape index (κ2) is 6.55. The summed E-state index contributed by atoms with van der Waals surface area (Å²) < 4.78 is 0. The number of rotatable bonds is 5. The minimum atomic E-state index is -0.111. The number of aliphatic hydroxyl groups excluding tert-OH is 1. The van der Waals surface area contributed by atoms with E-state index in [1.807, 2.05) is 12.1 Å². The molecule has 1 aliphatic carbocycles. The van der Waals surface area contributed by atoms with E-state index < -0.39 is 0 Å². The Morgan fingerprint density at radius 2 is 2.06 bits per heavy atom. The Morgan fingerprint density at radius 1 is 1.33 bits per heavy atom. The topological polar surface area (TPSA) is 32.3 Å². The summed E-state index contributed by atoms with van der Waals surface area (Å²) >= 11 is 5.91. The lowest BCUT2D eigenvalue weighted by atomic mass is 10.0. The van der Waals surface area contributed by atoms with Crippen LogP contribution in [0.15, 0.2) is 24.3 Å². The lowest BCUT2D eigenvalue weighted by molar-refractivity contribution is 0.129. The van der Waals surface area contributed by atoms with E-state index in [9.17, 15) is 5.11 Å². The summed E-state index contributed by atoms with van der Waals surface area (Å²) in [6.07, 6.45) is 4.20. The molecule has 2 rings (SSSR count). The maximum absolute atomic E-state index is 9.82. The Hall–Kier alpha value is -0.570. The smallest absolute Gasteiger partial charge is 0.0580 e. The van der Waals surface area contributed by atoms with Crippen molar-refractivity contribution in [3.63, 3.8) is 0 Å². The van der Waals surface area contributed by atoms with Crippen molar-refractivity contribution in [2.75, 3.05) is 6.54 Å². The first-order valence-corrected chi connectivity index (χ1v) is 7.25.